The molecule has 1 aliphatic rings. The summed E-state index contributed by atoms with van der Waals surface area (Å²) in [6, 6.07) is -0.900. The maximum Gasteiger partial charge on any atom is 0.416 e. The van der Waals surface area contributed by atoms with Crippen molar-refractivity contribution in [3.63, 3.8) is 0 Å². The highest BCUT2D eigenvalue weighted by Crippen LogP contribution is 2.14. The molecule has 1 atom stereocenters. The fraction of sp³-hybridized carbons (Fsp3) is 0.615. The molecule has 0 fully saturated rings. The number of aliphatic imine (C=N–C) groups is 1. The van der Waals surface area contributed by atoms with Gasteiger partial charge in [-0.25, -0.2) is 9.59 Å². The molecule has 0 aromatic rings. The molecule has 0 saturated heterocycles. The molecule has 0 aliphatic carbocycles. The topological polar surface area (TPSA) is 79.2 Å². The van der Waals surface area contributed by atoms with E-state index in [1.54, 1.807) is 26.8 Å². The van der Waals surface area contributed by atoms with E-state index in [2.05, 4.69) is 4.99 Å². The number of ether oxygens (including phenoxy) is 1. The molecule has 1 N–H and O–H groups in total. The van der Waals surface area contributed by atoms with Crippen molar-refractivity contribution in [3.05, 3.63) is 12.2 Å². The van der Waals surface area contributed by atoms with Crippen molar-refractivity contribution >= 4 is 17.9 Å². The van der Waals surface area contributed by atoms with Gasteiger partial charge in [-0.3, -0.25) is 9.89 Å². The predicted octanol–water partition coefficient (Wildman–Crippen LogP) is 2.05. The predicted molar refractivity (Wildman–Crippen MR) is 71.2 cm³/mol. The highest BCUT2D eigenvalue weighted by atomic mass is 16.6. The van der Waals surface area contributed by atoms with Gasteiger partial charge in [-0.05, 0) is 40.2 Å². The second-order valence-corrected chi connectivity index (χ2v) is 5.32. The van der Waals surface area contributed by atoms with Crippen molar-refractivity contribution in [3.8, 4) is 0 Å². The molecule has 0 aromatic heterocycles. The highest BCUT2D eigenvalue weighted by Gasteiger charge is 2.26. The zero-order valence-corrected chi connectivity index (χ0v) is 11.7. The largest absolute Gasteiger partial charge is 0.480 e. The highest BCUT2D eigenvalue weighted by molar-refractivity contribution is 6.03. The normalized spacial score (nSPS) is 19.4. The summed E-state index contributed by atoms with van der Waals surface area (Å²) in [5, 5.41) is 8.86. The van der Waals surface area contributed by atoms with Crippen LogP contribution in [0.2, 0.25) is 0 Å². The molecule has 6 nitrogen and oxygen atoms in total. The molecular formula is C13H20N2O4. The molecule has 1 aliphatic heterocycles. The van der Waals surface area contributed by atoms with Crippen molar-refractivity contribution in [2.45, 2.75) is 45.8 Å². The van der Waals surface area contributed by atoms with E-state index < -0.39 is 23.7 Å². The molecule has 106 valence electrons. The maximum atomic E-state index is 12.0. The quantitative estimate of drug-likeness (QED) is 0.831. The van der Waals surface area contributed by atoms with Crippen LogP contribution >= 0.6 is 0 Å². The van der Waals surface area contributed by atoms with Gasteiger partial charge in [0.15, 0.2) is 0 Å². The third-order valence-electron chi connectivity index (χ3n) is 2.36. The molecule has 0 unspecified atom stereocenters. The number of carbonyl (C=O) groups excluding carboxylic acids is 1. The number of nitrogens with zero attached hydrogens (tertiary/aromatic N) is 2. The van der Waals surface area contributed by atoms with Gasteiger partial charge in [0, 0.05) is 6.54 Å². The van der Waals surface area contributed by atoms with Gasteiger partial charge in [0.05, 0.1) is 0 Å². The first kappa shape index (κ1) is 15.2. The first-order chi connectivity index (χ1) is 8.70. The minimum Gasteiger partial charge on any atom is -0.480 e. The van der Waals surface area contributed by atoms with E-state index in [0.29, 0.717) is 18.8 Å². The number of rotatable bonds is 2. The summed E-state index contributed by atoms with van der Waals surface area (Å²) in [6.45, 7) is 7.24. The van der Waals surface area contributed by atoms with E-state index in [9.17, 15) is 9.59 Å². The number of carboxylic acids is 1. The SMILES string of the molecule is C[C@H](N=C1C=CCCN1C(=O)OC(C)(C)C)C(=O)O. The van der Waals surface area contributed by atoms with Crippen LogP contribution < -0.4 is 0 Å². The number of hydrogen-bond acceptors (Lipinski definition) is 4. The zero-order chi connectivity index (χ0) is 14.6. The molecule has 1 amide bonds. The van der Waals surface area contributed by atoms with Crippen LogP contribution in [0.25, 0.3) is 0 Å². The summed E-state index contributed by atoms with van der Waals surface area (Å²) in [5.74, 6) is -0.703. The van der Waals surface area contributed by atoms with Gasteiger partial charge >= 0.3 is 12.1 Å². The average Bonchev–Trinajstić information content (AvgIpc) is 2.27. The van der Waals surface area contributed by atoms with Crippen LogP contribution in [-0.4, -0.2) is 46.1 Å². The number of carboxylic acid groups (broad SMARTS) is 1. The minimum absolute atomic E-state index is 0.329. The molecule has 1 heterocycles. The van der Waals surface area contributed by atoms with Crippen LogP contribution in [0.1, 0.15) is 34.1 Å². The Morgan fingerprint density at radius 3 is 2.63 bits per heavy atom. The Morgan fingerprint density at radius 2 is 2.11 bits per heavy atom. The van der Waals surface area contributed by atoms with E-state index in [1.807, 2.05) is 6.08 Å². The number of aliphatic carboxylic acids is 1. The standard InChI is InChI=1S/C13H20N2O4/c1-9(11(16)17)14-10-7-5-6-8-15(10)12(18)19-13(2,3)4/h5,7,9H,6,8H2,1-4H3,(H,16,17)/t9-/m0/s1. The van der Waals surface area contributed by atoms with E-state index in [0.717, 1.165) is 0 Å². The van der Waals surface area contributed by atoms with Crippen molar-refractivity contribution in [2.75, 3.05) is 6.54 Å². The molecule has 0 radical (unpaired) electrons. The Balaban J connectivity index is 2.89. The lowest BCUT2D eigenvalue weighted by Gasteiger charge is -2.29. The fourth-order valence-corrected chi connectivity index (χ4v) is 1.47. The van der Waals surface area contributed by atoms with Crippen LogP contribution in [-0.2, 0) is 9.53 Å². The Labute approximate surface area is 112 Å². The lowest BCUT2D eigenvalue weighted by Crippen LogP contribution is -2.42. The number of amidine groups is 1. The Hall–Kier alpha value is -1.85. The Kier molecular flexibility index (Phi) is 4.69. The molecular weight excluding hydrogens is 248 g/mol. The lowest BCUT2D eigenvalue weighted by molar-refractivity contribution is -0.138. The van der Waals surface area contributed by atoms with Gasteiger partial charge in [0.1, 0.15) is 17.5 Å². The van der Waals surface area contributed by atoms with Crippen molar-refractivity contribution in [1.29, 1.82) is 0 Å². The van der Waals surface area contributed by atoms with Crippen molar-refractivity contribution in [2.24, 2.45) is 4.99 Å². The van der Waals surface area contributed by atoms with Crippen LogP contribution in [0.3, 0.4) is 0 Å². The summed E-state index contributed by atoms with van der Waals surface area (Å²) in [5.41, 5.74) is -0.595. The molecule has 0 aromatic carbocycles. The number of carbonyl (C=O) groups is 2. The zero-order valence-electron chi connectivity index (χ0n) is 11.7. The summed E-state index contributed by atoms with van der Waals surface area (Å²) < 4.78 is 5.27. The maximum absolute atomic E-state index is 12.0. The van der Waals surface area contributed by atoms with Gasteiger partial charge in [-0.2, -0.15) is 0 Å². The van der Waals surface area contributed by atoms with Crippen molar-refractivity contribution < 1.29 is 19.4 Å². The van der Waals surface area contributed by atoms with Crippen LogP contribution in [0, 0.1) is 0 Å². The van der Waals surface area contributed by atoms with Crippen LogP contribution in [0.5, 0.6) is 0 Å². The first-order valence-electron chi connectivity index (χ1n) is 6.18. The van der Waals surface area contributed by atoms with Gasteiger partial charge < -0.3 is 9.84 Å². The van der Waals surface area contributed by atoms with Gasteiger partial charge in [0.25, 0.3) is 0 Å². The monoisotopic (exact) mass is 268 g/mol. The smallest absolute Gasteiger partial charge is 0.416 e. The summed E-state index contributed by atoms with van der Waals surface area (Å²) in [4.78, 5) is 28.2. The summed E-state index contributed by atoms with van der Waals surface area (Å²) >= 11 is 0. The van der Waals surface area contributed by atoms with E-state index in [1.165, 1.54) is 11.8 Å². The van der Waals surface area contributed by atoms with Gasteiger partial charge in [0.2, 0.25) is 0 Å². The second kappa shape index (κ2) is 5.86. The van der Waals surface area contributed by atoms with Crippen LogP contribution in [0.4, 0.5) is 4.79 Å². The van der Waals surface area contributed by atoms with E-state index in [-0.39, 0.29) is 0 Å². The minimum atomic E-state index is -1.03. The van der Waals surface area contributed by atoms with Crippen molar-refractivity contribution in [1.82, 2.24) is 4.90 Å². The number of hydrogen-bond donors (Lipinski definition) is 1. The van der Waals surface area contributed by atoms with Gasteiger partial charge in [-0.15, -0.1) is 0 Å². The number of amides is 1. The third kappa shape index (κ3) is 4.73. The van der Waals surface area contributed by atoms with Gasteiger partial charge in [-0.1, -0.05) is 6.08 Å². The summed E-state index contributed by atoms with van der Waals surface area (Å²) in [7, 11) is 0. The van der Waals surface area contributed by atoms with E-state index >= 15 is 0 Å². The molecule has 19 heavy (non-hydrogen) atoms. The molecule has 6 heteroatoms. The van der Waals surface area contributed by atoms with Crippen LogP contribution in [0.15, 0.2) is 17.1 Å². The van der Waals surface area contributed by atoms with E-state index in [4.69, 9.17) is 9.84 Å². The third-order valence-corrected chi connectivity index (χ3v) is 2.36. The molecule has 0 bridgehead atoms. The Bertz CT molecular complexity index is 421. The average molecular weight is 268 g/mol. The lowest BCUT2D eigenvalue weighted by atomic mass is 10.2. The first-order valence-corrected chi connectivity index (χ1v) is 6.18. The molecule has 0 saturated carbocycles. The second-order valence-electron chi connectivity index (χ2n) is 5.32. The fourth-order valence-electron chi connectivity index (χ4n) is 1.47. The summed E-state index contributed by atoms with van der Waals surface area (Å²) in [6.07, 6.45) is 3.69. The molecule has 0 spiro atoms. The Morgan fingerprint density at radius 1 is 1.47 bits per heavy atom. The molecule has 1 rings (SSSR count).